The molecule has 12 nitrogen and oxygen atoms in total. The van der Waals surface area contributed by atoms with Gasteiger partial charge in [-0.05, 0) is 87.6 Å². The molecule has 1 unspecified atom stereocenters. The minimum Gasteiger partial charge on any atom is -0.391 e. The molecule has 7 N–H and O–H groups in total. The van der Waals surface area contributed by atoms with E-state index in [-0.39, 0.29) is 12.5 Å². The summed E-state index contributed by atoms with van der Waals surface area (Å²) >= 11 is 0. The first kappa shape index (κ1) is 43.2. The van der Waals surface area contributed by atoms with Gasteiger partial charge in [-0.2, -0.15) is 5.26 Å². The number of H-pyrrole nitrogens is 1. The number of aromatic nitrogens is 3. The molecule has 0 aromatic carbocycles. The number of nitrogens with zero attached hydrogens (tertiary/aromatic N) is 6. The van der Waals surface area contributed by atoms with Crippen LogP contribution in [0.2, 0.25) is 0 Å². The Morgan fingerprint density at radius 2 is 1.94 bits per heavy atom. The summed E-state index contributed by atoms with van der Waals surface area (Å²) in [6.45, 7) is 20.4. The Labute approximate surface area is 323 Å². The summed E-state index contributed by atoms with van der Waals surface area (Å²) in [7, 11) is 3.90. The molecule has 0 aliphatic rings. The SMILES string of the molecule is C=CCC[C@@H](C(=C)NC)c1ccc(N(CC)CCC(CC)CN(CCN=C(N)c2cnc(-c3ccc(/C=C(/C)C=N)[nH]3)cc2NCC#N)CCNC)nc1. The number of pyridine rings is 2. The number of aromatic amines is 1. The molecule has 3 heterocycles. The number of allylic oxidation sites excluding steroid dienone is 3. The summed E-state index contributed by atoms with van der Waals surface area (Å²) < 4.78 is 0. The number of likely N-dealkylation sites (N-methyl/N-ethyl adjacent to an activating group) is 2. The van der Waals surface area contributed by atoms with Crippen LogP contribution in [0.3, 0.4) is 0 Å². The smallest absolute Gasteiger partial charge is 0.129 e. The van der Waals surface area contributed by atoms with Crippen molar-refractivity contribution in [2.75, 3.05) is 76.7 Å². The second-order valence-corrected chi connectivity index (χ2v) is 13.4. The molecule has 12 heteroatoms. The summed E-state index contributed by atoms with van der Waals surface area (Å²) in [5, 5.41) is 26.4. The van der Waals surface area contributed by atoms with Gasteiger partial charge in [0.2, 0.25) is 0 Å². The van der Waals surface area contributed by atoms with E-state index in [1.54, 1.807) is 6.20 Å². The highest BCUT2D eigenvalue weighted by Gasteiger charge is 2.18. The zero-order valence-electron chi connectivity index (χ0n) is 33.1. The summed E-state index contributed by atoms with van der Waals surface area (Å²) in [5.41, 5.74) is 13.3. The van der Waals surface area contributed by atoms with Crippen LogP contribution in [0.5, 0.6) is 0 Å². The fraction of sp³-hybridized carbons (Fsp3) is 0.452. The molecular formula is C42H62N12. The van der Waals surface area contributed by atoms with E-state index in [1.165, 1.54) is 11.8 Å². The Morgan fingerprint density at radius 1 is 1.13 bits per heavy atom. The molecule has 0 bridgehead atoms. The van der Waals surface area contributed by atoms with Crippen molar-refractivity contribution in [3.63, 3.8) is 0 Å². The number of amidine groups is 1. The van der Waals surface area contributed by atoms with E-state index < -0.39 is 0 Å². The lowest BCUT2D eigenvalue weighted by Gasteiger charge is -2.29. The maximum Gasteiger partial charge on any atom is 0.129 e. The number of hydrogen-bond acceptors (Lipinski definition) is 10. The lowest BCUT2D eigenvalue weighted by molar-refractivity contribution is 0.228. The van der Waals surface area contributed by atoms with E-state index in [2.05, 4.69) is 80.9 Å². The molecular weight excluding hydrogens is 673 g/mol. The fourth-order valence-corrected chi connectivity index (χ4v) is 6.34. The maximum absolute atomic E-state index is 9.29. The van der Waals surface area contributed by atoms with Crippen LogP contribution >= 0.6 is 0 Å². The van der Waals surface area contributed by atoms with E-state index in [9.17, 15) is 5.26 Å². The number of rotatable bonds is 26. The average Bonchev–Trinajstić information content (AvgIpc) is 3.67. The van der Waals surface area contributed by atoms with Crippen molar-refractivity contribution in [1.29, 1.82) is 10.7 Å². The van der Waals surface area contributed by atoms with Crippen molar-refractivity contribution >= 4 is 29.6 Å². The van der Waals surface area contributed by atoms with Gasteiger partial charge in [0.25, 0.3) is 0 Å². The summed E-state index contributed by atoms with van der Waals surface area (Å²) in [5.74, 6) is 2.09. The Kier molecular flexibility index (Phi) is 18.7. The highest BCUT2D eigenvalue weighted by atomic mass is 15.2. The number of hydrogen-bond donors (Lipinski definition) is 6. The quantitative estimate of drug-likeness (QED) is 0.0236. The topological polar surface area (TPSA) is 170 Å². The average molecular weight is 735 g/mol. The molecule has 54 heavy (non-hydrogen) atoms. The molecule has 0 spiro atoms. The second-order valence-electron chi connectivity index (χ2n) is 13.4. The van der Waals surface area contributed by atoms with Crippen LogP contribution in [-0.4, -0.2) is 98.4 Å². The molecule has 0 saturated heterocycles. The number of nitrogens with two attached hydrogens (primary N) is 1. The number of nitrogens with one attached hydrogen (secondary N) is 5. The van der Waals surface area contributed by atoms with Crippen LogP contribution in [0.1, 0.15) is 69.2 Å². The van der Waals surface area contributed by atoms with Crippen LogP contribution in [-0.2, 0) is 0 Å². The number of aliphatic imine (C=N–C) groups is 1. The van der Waals surface area contributed by atoms with Gasteiger partial charge in [-0.25, -0.2) is 4.98 Å². The van der Waals surface area contributed by atoms with Crippen molar-refractivity contribution < 1.29 is 0 Å². The van der Waals surface area contributed by atoms with E-state index >= 15 is 0 Å². The van der Waals surface area contributed by atoms with Gasteiger partial charge in [0.1, 0.15) is 18.2 Å². The molecule has 0 fully saturated rings. The van der Waals surface area contributed by atoms with Crippen molar-refractivity contribution in [3.05, 3.63) is 90.1 Å². The van der Waals surface area contributed by atoms with Crippen molar-refractivity contribution in [3.8, 4) is 17.5 Å². The first-order chi connectivity index (χ1) is 26.2. The Bertz CT molecular complexity index is 1720. The lowest BCUT2D eigenvalue weighted by atomic mass is 9.92. The van der Waals surface area contributed by atoms with Gasteiger partial charge in [-0.15, -0.1) is 6.58 Å². The maximum atomic E-state index is 9.29. The summed E-state index contributed by atoms with van der Waals surface area (Å²) in [6, 6.07) is 12.3. The van der Waals surface area contributed by atoms with Gasteiger partial charge in [0, 0.05) is 87.9 Å². The molecule has 290 valence electrons. The predicted molar refractivity (Wildman–Crippen MR) is 227 cm³/mol. The van der Waals surface area contributed by atoms with E-state index in [0.717, 1.165) is 93.4 Å². The van der Waals surface area contributed by atoms with Crippen molar-refractivity contribution in [2.45, 2.75) is 52.4 Å². The first-order valence-electron chi connectivity index (χ1n) is 19.1. The molecule has 0 radical (unpaired) electrons. The van der Waals surface area contributed by atoms with E-state index in [4.69, 9.17) is 21.1 Å². The highest BCUT2D eigenvalue weighted by molar-refractivity contribution is 6.02. The Morgan fingerprint density at radius 3 is 2.59 bits per heavy atom. The summed E-state index contributed by atoms with van der Waals surface area (Å²) in [4.78, 5) is 22.5. The van der Waals surface area contributed by atoms with Crippen LogP contribution in [0.25, 0.3) is 17.5 Å². The van der Waals surface area contributed by atoms with Crippen molar-refractivity contribution in [1.82, 2.24) is 30.5 Å². The molecule has 3 aromatic heterocycles. The van der Waals surface area contributed by atoms with E-state index in [0.29, 0.717) is 35.2 Å². The highest BCUT2D eigenvalue weighted by Crippen LogP contribution is 2.28. The largest absolute Gasteiger partial charge is 0.391 e. The lowest BCUT2D eigenvalue weighted by Crippen LogP contribution is -2.38. The van der Waals surface area contributed by atoms with E-state index in [1.807, 2.05) is 57.6 Å². The molecule has 3 aromatic rings. The molecule has 0 saturated carbocycles. The van der Waals surface area contributed by atoms with Crippen LogP contribution in [0.15, 0.2) is 78.2 Å². The van der Waals surface area contributed by atoms with Gasteiger partial charge in [-0.1, -0.05) is 32.1 Å². The molecule has 2 atom stereocenters. The Balaban J connectivity index is 1.67. The summed E-state index contributed by atoms with van der Waals surface area (Å²) in [6.07, 6.45) is 12.9. The van der Waals surface area contributed by atoms with Gasteiger partial charge < -0.3 is 37.0 Å². The fourth-order valence-electron chi connectivity index (χ4n) is 6.34. The minimum absolute atomic E-state index is 0.122. The minimum atomic E-state index is 0.122. The number of nitriles is 1. The van der Waals surface area contributed by atoms with Crippen LogP contribution < -0.4 is 26.6 Å². The monoisotopic (exact) mass is 735 g/mol. The molecule has 0 aliphatic heterocycles. The number of anilines is 2. The van der Waals surface area contributed by atoms with Gasteiger partial charge in [0.15, 0.2) is 0 Å². The molecule has 0 aliphatic carbocycles. The second kappa shape index (κ2) is 23.4. The third-order valence-electron chi connectivity index (χ3n) is 9.69. The standard InChI is InChI=1S/C42H62N12/c1-8-11-12-36(32(5)47-7)34-13-16-41(51-28-34)54(10-3)22-17-33(9-2)30-53(23-20-46-6)24-21-49-42(45)37-29-50-40(26-39(37)48-19-18-43)38-15-14-35(52-38)25-31(4)27-44/h8,13-16,25-29,33,36,44,46-47,52H,1,5,9-12,17,19-24,30H2,2-4,6-7H3,(H2,45,49)(H,48,50)/b31-25-,44-27?/t33?,36-/m0/s1. The first-order valence-corrected chi connectivity index (χ1v) is 19.1. The third kappa shape index (κ3) is 13.3. The Hall–Kier alpha value is -5.25. The third-order valence-corrected chi connectivity index (χ3v) is 9.69. The van der Waals surface area contributed by atoms with Gasteiger partial charge in [-0.3, -0.25) is 14.9 Å². The van der Waals surface area contributed by atoms with Crippen molar-refractivity contribution in [2.24, 2.45) is 16.6 Å². The molecule has 0 amide bonds. The normalized spacial score (nSPS) is 12.9. The zero-order valence-corrected chi connectivity index (χ0v) is 33.1. The van der Waals surface area contributed by atoms with Crippen LogP contribution in [0.4, 0.5) is 11.5 Å². The molecule has 3 rings (SSSR count). The predicted octanol–water partition coefficient (Wildman–Crippen LogP) is 6.41. The zero-order chi connectivity index (χ0) is 39.3. The van der Waals surface area contributed by atoms with Gasteiger partial charge in [0.05, 0.1) is 29.6 Å². The van der Waals surface area contributed by atoms with Gasteiger partial charge >= 0.3 is 0 Å². The van der Waals surface area contributed by atoms with Crippen LogP contribution in [0, 0.1) is 22.7 Å².